The molecule has 0 saturated carbocycles. The minimum atomic E-state index is 0.0808. The summed E-state index contributed by atoms with van der Waals surface area (Å²) in [6, 6.07) is 0. The molecule has 0 radical (unpaired) electrons. The summed E-state index contributed by atoms with van der Waals surface area (Å²) in [7, 11) is 0. The number of likely N-dealkylation sites (tertiary alicyclic amines) is 1. The molecule has 1 spiro atoms. The smallest absolute Gasteiger partial charge is 0.227 e. The Bertz CT molecular complexity index is 546. The molecule has 3 heterocycles. The third-order valence-corrected chi connectivity index (χ3v) is 4.50. The lowest BCUT2D eigenvalue weighted by molar-refractivity contribution is -0.133. The van der Waals surface area contributed by atoms with Crippen LogP contribution in [-0.2, 0) is 16.0 Å². The fraction of sp³-hybridized carbons (Fsp3) is 0.714. The van der Waals surface area contributed by atoms with Crippen LogP contribution >= 0.6 is 0 Å². The van der Waals surface area contributed by atoms with Crippen LogP contribution in [0.4, 0.5) is 0 Å². The van der Waals surface area contributed by atoms with E-state index < -0.39 is 0 Å². The quantitative estimate of drug-likeness (QED) is 0.873. The maximum Gasteiger partial charge on any atom is 0.227 e. The molecule has 21 heavy (non-hydrogen) atoms. The number of carbonyl (C=O) groups is 2. The van der Waals surface area contributed by atoms with Crippen molar-refractivity contribution in [2.45, 2.75) is 39.0 Å². The summed E-state index contributed by atoms with van der Waals surface area (Å²) in [4.78, 5) is 29.6. The van der Waals surface area contributed by atoms with E-state index in [4.69, 9.17) is 4.52 Å². The maximum atomic E-state index is 12.2. The minimum absolute atomic E-state index is 0.0808. The summed E-state index contributed by atoms with van der Waals surface area (Å²) in [5.74, 6) is 1.37. The van der Waals surface area contributed by atoms with E-state index >= 15 is 0 Å². The van der Waals surface area contributed by atoms with Gasteiger partial charge in [-0.3, -0.25) is 9.59 Å². The first-order valence-electron chi connectivity index (χ1n) is 7.40. The molecule has 2 fully saturated rings. The van der Waals surface area contributed by atoms with Gasteiger partial charge < -0.3 is 14.7 Å². The van der Waals surface area contributed by atoms with Crippen molar-refractivity contribution in [3.63, 3.8) is 0 Å². The monoisotopic (exact) mass is 292 g/mol. The van der Waals surface area contributed by atoms with Crippen LogP contribution < -0.4 is 5.32 Å². The lowest BCUT2D eigenvalue weighted by Crippen LogP contribution is -2.44. The van der Waals surface area contributed by atoms with Crippen molar-refractivity contribution >= 4 is 11.8 Å². The molecule has 0 aliphatic carbocycles. The Morgan fingerprint density at radius 2 is 2.19 bits per heavy atom. The molecule has 7 heteroatoms. The molecular formula is C14H20N4O3. The van der Waals surface area contributed by atoms with E-state index in [0.717, 1.165) is 32.5 Å². The van der Waals surface area contributed by atoms with Crippen molar-refractivity contribution in [3.05, 3.63) is 11.7 Å². The van der Waals surface area contributed by atoms with Gasteiger partial charge in [0.1, 0.15) is 0 Å². The number of nitrogens with zero attached hydrogens (tertiary/aromatic N) is 3. The zero-order valence-corrected chi connectivity index (χ0v) is 12.2. The van der Waals surface area contributed by atoms with Gasteiger partial charge in [-0.15, -0.1) is 0 Å². The van der Waals surface area contributed by atoms with Crippen molar-refractivity contribution in [3.8, 4) is 0 Å². The molecule has 2 aliphatic rings. The summed E-state index contributed by atoms with van der Waals surface area (Å²) >= 11 is 0. The average Bonchev–Trinajstić information content (AvgIpc) is 3.04. The fourth-order valence-corrected chi connectivity index (χ4v) is 3.15. The predicted molar refractivity (Wildman–Crippen MR) is 73.2 cm³/mol. The van der Waals surface area contributed by atoms with E-state index in [2.05, 4.69) is 15.5 Å². The SMILES string of the molecule is Cc1noc(CCC(=O)N2CCC3(CC2)CNC(=O)C3)n1. The molecule has 3 rings (SSSR count). The van der Waals surface area contributed by atoms with Gasteiger partial charge in [-0.05, 0) is 25.2 Å². The molecule has 2 saturated heterocycles. The molecule has 0 aromatic carbocycles. The van der Waals surface area contributed by atoms with Gasteiger partial charge >= 0.3 is 0 Å². The summed E-state index contributed by atoms with van der Waals surface area (Å²) in [6.07, 6.45) is 3.29. The lowest BCUT2D eigenvalue weighted by atomic mass is 9.77. The Morgan fingerprint density at radius 1 is 1.43 bits per heavy atom. The van der Waals surface area contributed by atoms with Gasteiger partial charge in [0.2, 0.25) is 17.7 Å². The normalized spacial score (nSPS) is 20.8. The van der Waals surface area contributed by atoms with Crippen molar-refractivity contribution in [1.82, 2.24) is 20.4 Å². The molecule has 2 aliphatic heterocycles. The number of piperidine rings is 1. The number of hydrogen-bond acceptors (Lipinski definition) is 5. The van der Waals surface area contributed by atoms with Crippen LogP contribution in [0.25, 0.3) is 0 Å². The van der Waals surface area contributed by atoms with Gasteiger partial charge in [0.15, 0.2) is 5.82 Å². The van der Waals surface area contributed by atoms with Gasteiger partial charge in [0, 0.05) is 38.9 Å². The Labute approximate surface area is 123 Å². The highest BCUT2D eigenvalue weighted by Gasteiger charge is 2.41. The molecule has 0 bridgehead atoms. The largest absolute Gasteiger partial charge is 0.356 e. The van der Waals surface area contributed by atoms with Crippen molar-refractivity contribution < 1.29 is 14.1 Å². The lowest BCUT2D eigenvalue weighted by Gasteiger charge is -2.38. The van der Waals surface area contributed by atoms with Crippen LogP contribution in [0.2, 0.25) is 0 Å². The average molecular weight is 292 g/mol. The van der Waals surface area contributed by atoms with Crippen LogP contribution in [0.5, 0.6) is 0 Å². The van der Waals surface area contributed by atoms with Gasteiger partial charge in [-0.2, -0.15) is 4.98 Å². The molecule has 0 unspecified atom stereocenters. The summed E-state index contributed by atoms with van der Waals surface area (Å²) in [5.41, 5.74) is 0.0808. The Morgan fingerprint density at radius 3 is 2.76 bits per heavy atom. The van der Waals surface area contributed by atoms with Crippen LogP contribution in [0.3, 0.4) is 0 Å². The molecular weight excluding hydrogens is 272 g/mol. The molecule has 0 atom stereocenters. The van der Waals surface area contributed by atoms with E-state index in [9.17, 15) is 9.59 Å². The first-order chi connectivity index (χ1) is 10.1. The minimum Gasteiger partial charge on any atom is -0.356 e. The number of hydrogen-bond donors (Lipinski definition) is 1. The first-order valence-corrected chi connectivity index (χ1v) is 7.40. The van der Waals surface area contributed by atoms with Crippen molar-refractivity contribution in [2.75, 3.05) is 19.6 Å². The highest BCUT2D eigenvalue weighted by atomic mass is 16.5. The van der Waals surface area contributed by atoms with E-state index in [1.165, 1.54) is 0 Å². The summed E-state index contributed by atoms with van der Waals surface area (Å²) < 4.78 is 5.01. The second-order valence-corrected chi connectivity index (χ2v) is 6.07. The predicted octanol–water partition coefficient (Wildman–Crippen LogP) is 0.439. The third-order valence-electron chi connectivity index (χ3n) is 4.50. The zero-order chi connectivity index (χ0) is 14.9. The van der Waals surface area contributed by atoms with Crippen LogP contribution in [-0.4, -0.2) is 46.5 Å². The Hall–Kier alpha value is -1.92. The molecule has 114 valence electrons. The van der Waals surface area contributed by atoms with E-state index in [1.807, 2.05) is 4.90 Å². The summed E-state index contributed by atoms with van der Waals surface area (Å²) in [6.45, 7) is 3.98. The standard InChI is InChI=1S/C14H20N4O3/c1-10-16-12(21-17-10)2-3-13(20)18-6-4-14(5-7-18)8-11(19)15-9-14/h2-9H2,1H3,(H,15,19). The second-order valence-electron chi connectivity index (χ2n) is 6.07. The molecule has 1 aromatic rings. The van der Waals surface area contributed by atoms with Gasteiger partial charge in [-0.1, -0.05) is 5.16 Å². The summed E-state index contributed by atoms with van der Waals surface area (Å²) in [5, 5.41) is 6.62. The second kappa shape index (κ2) is 5.46. The number of aryl methyl sites for hydroxylation is 2. The Balaban J connectivity index is 1.47. The van der Waals surface area contributed by atoms with E-state index in [-0.39, 0.29) is 17.2 Å². The molecule has 1 N–H and O–H groups in total. The number of aromatic nitrogens is 2. The number of carbonyl (C=O) groups excluding carboxylic acids is 2. The third kappa shape index (κ3) is 3.06. The van der Waals surface area contributed by atoms with Crippen LogP contribution in [0.15, 0.2) is 4.52 Å². The van der Waals surface area contributed by atoms with E-state index in [1.54, 1.807) is 6.92 Å². The highest BCUT2D eigenvalue weighted by molar-refractivity contribution is 5.79. The van der Waals surface area contributed by atoms with Crippen LogP contribution in [0, 0.1) is 12.3 Å². The van der Waals surface area contributed by atoms with Gasteiger partial charge in [0.05, 0.1) is 0 Å². The zero-order valence-electron chi connectivity index (χ0n) is 12.2. The van der Waals surface area contributed by atoms with Crippen LogP contribution in [0.1, 0.15) is 37.4 Å². The van der Waals surface area contributed by atoms with Crippen molar-refractivity contribution in [1.29, 1.82) is 0 Å². The number of rotatable bonds is 3. The molecule has 2 amide bonds. The first kappa shape index (κ1) is 14.0. The number of nitrogens with one attached hydrogen (secondary N) is 1. The maximum absolute atomic E-state index is 12.2. The topological polar surface area (TPSA) is 88.3 Å². The van der Waals surface area contributed by atoms with Gasteiger partial charge in [-0.25, -0.2) is 0 Å². The van der Waals surface area contributed by atoms with Gasteiger partial charge in [0.25, 0.3) is 0 Å². The van der Waals surface area contributed by atoms with E-state index in [0.29, 0.717) is 31.0 Å². The fourth-order valence-electron chi connectivity index (χ4n) is 3.15. The molecule has 7 nitrogen and oxygen atoms in total. The highest BCUT2D eigenvalue weighted by Crippen LogP contribution is 2.37. The van der Waals surface area contributed by atoms with Crippen molar-refractivity contribution in [2.24, 2.45) is 5.41 Å². The Kier molecular flexibility index (Phi) is 3.65. The molecule has 1 aromatic heterocycles. The number of amides is 2.